The first kappa shape index (κ1) is 18.8. The monoisotopic (exact) mass is 395 g/mol. The highest BCUT2D eigenvalue weighted by atomic mass is 31.2. The molecule has 4 aromatic carbocycles. The second-order valence-electron chi connectivity index (χ2n) is 6.52. The van der Waals surface area contributed by atoms with Gasteiger partial charge in [-0.1, -0.05) is 109 Å². The Morgan fingerprint density at radius 3 is 1.79 bits per heavy atom. The highest BCUT2D eigenvalue weighted by molar-refractivity contribution is 7.77. The lowest BCUT2D eigenvalue weighted by Gasteiger charge is -2.20. The number of azide groups is 1. The van der Waals surface area contributed by atoms with E-state index in [0.29, 0.717) is 10.6 Å². The molecule has 0 aliphatic rings. The van der Waals surface area contributed by atoms with Gasteiger partial charge in [0.15, 0.2) is 0 Å². The molecule has 0 radical (unpaired) electrons. The second kappa shape index (κ2) is 8.20. The van der Waals surface area contributed by atoms with E-state index in [1.165, 1.54) is 0 Å². The van der Waals surface area contributed by atoms with E-state index in [4.69, 9.17) is 0 Å². The van der Waals surface area contributed by atoms with Gasteiger partial charge in [0, 0.05) is 21.1 Å². The molecule has 4 rings (SSSR count). The lowest BCUT2D eigenvalue weighted by molar-refractivity contribution is 0.588. The molecule has 0 N–H and O–H groups in total. The summed E-state index contributed by atoms with van der Waals surface area (Å²) in [6.07, 6.45) is 0. The molecular formula is C24H18N3OP. The van der Waals surface area contributed by atoms with Crippen molar-refractivity contribution in [2.45, 2.75) is 0 Å². The van der Waals surface area contributed by atoms with Crippen molar-refractivity contribution in [1.29, 1.82) is 0 Å². The van der Waals surface area contributed by atoms with E-state index in [-0.39, 0.29) is 0 Å². The molecule has 0 bridgehead atoms. The average Bonchev–Trinajstić information content (AvgIpc) is 2.80. The van der Waals surface area contributed by atoms with Gasteiger partial charge >= 0.3 is 0 Å². The molecule has 0 heterocycles. The van der Waals surface area contributed by atoms with Crippen molar-refractivity contribution in [3.8, 4) is 22.3 Å². The molecule has 5 heteroatoms. The Morgan fingerprint density at radius 1 is 0.655 bits per heavy atom. The van der Waals surface area contributed by atoms with Crippen LogP contribution in [0.2, 0.25) is 0 Å². The summed E-state index contributed by atoms with van der Waals surface area (Å²) in [4.78, 5) is 6.81. The third-order valence-corrected chi connectivity index (χ3v) is 7.14. The predicted molar refractivity (Wildman–Crippen MR) is 120 cm³/mol. The third kappa shape index (κ3) is 3.60. The van der Waals surface area contributed by atoms with Crippen molar-refractivity contribution >= 4 is 17.9 Å². The number of hydrogen-bond acceptors (Lipinski definition) is 1. The Morgan fingerprint density at radius 2 is 1.21 bits per heavy atom. The van der Waals surface area contributed by atoms with Gasteiger partial charge < -0.3 is 4.57 Å². The van der Waals surface area contributed by atoms with Crippen molar-refractivity contribution < 1.29 is 4.57 Å². The van der Waals surface area contributed by atoms with Crippen LogP contribution in [0.5, 0.6) is 0 Å². The molecule has 0 aliphatic heterocycles. The minimum absolute atomic E-state index is 0.514. The zero-order valence-electron chi connectivity index (χ0n) is 15.6. The van der Waals surface area contributed by atoms with Gasteiger partial charge in [0.05, 0.1) is 0 Å². The molecule has 0 saturated carbocycles. The van der Waals surface area contributed by atoms with Gasteiger partial charge in [0.2, 0.25) is 7.29 Å². The van der Waals surface area contributed by atoms with Crippen LogP contribution in [-0.2, 0) is 4.57 Å². The molecular weight excluding hydrogens is 377 g/mol. The van der Waals surface area contributed by atoms with E-state index in [2.05, 4.69) is 9.80 Å². The van der Waals surface area contributed by atoms with Crippen LogP contribution in [0.25, 0.3) is 32.7 Å². The van der Waals surface area contributed by atoms with Crippen molar-refractivity contribution in [2.24, 2.45) is 4.88 Å². The average molecular weight is 395 g/mol. The number of benzene rings is 4. The summed E-state index contributed by atoms with van der Waals surface area (Å²) in [5.41, 5.74) is 13.0. The molecule has 1 atom stereocenters. The fraction of sp³-hybridized carbons (Fsp3) is 0. The predicted octanol–water partition coefficient (Wildman–Crippen LogP) is 6.56. The molecule has 1 unspecified atom stereocenters. The number of nitrogens with zero attached hydrogens (tertiary/aromatic N) is 3. The van der Waals surface area contributed by atoms with E-state index < -0.39 is 7.29 Å². The van der Waals surface area contributed by atoms with Crippen molar-refractivity contribution in [3.63, 3.8) is 0 Å². The van der Waals surface area contributed by atoms with Gasteiger partial charge in [0.1, 0.15) is 0 Å². The molecule has 4 aromatic rings. The maximum Gasteiger partial charge on any atom is 0.229 e. The molecule has 29 heavy (non-hydrogen) atoms. The Bertz CT molecular complexity index is 1220. The quantitative estimate of drug-likeness (QED) is 0.163. The standard InChI is InChI=1S/C24H18N3OP/c25-26-27-29(28,21-15-8-3-9-16-21)23-18-10-17-22(19-11-4-1-5-12-19)24(23)20-13-6-2-7-14-20/h1-18H. The van der Waals surface area contributed by atoms with Crippen molar-refractivity contribution in [3.05, 3.63) is 120 Å². The number of rotatable bonds is 5. The van der Waals surface area contributed by atoms with Crippen LogP contribution in [-0.4, -0.2) is 0 Å². The lowest BCUT2D eigenvalue weighted by atomic mass is 9.94. The lowest BCUT2D eigenvalue weighted by Crippen LogP contribution is -2.17. The molecule has 0 aromatic heterocycles. The van der Waals surface area contributed by atoms with Gasteiger partial charge in [-0.15, -0.1) is 0 Å². The largest absolute Gasteiger partial charge is 0.307 e. The summed E-state index contributed by atoms with van der Waals surface area (Å²) >= 11 is 0. The smallest absolute Gasteiger partial charge is 0.229 e. The fourth-order valence-corrected chi connectivity index (χ4v) is 5.49. The molecule has 0 amide bonds. The summed E-state index contributed by atoms with van der Waals surface area (Å²) in [7, 11) is -3.57. The molecule has 4 nitrogen and oxygen atoms in total. The van der Waals surface area contributed by atoms with Crippen LogP contribution in [0.1, 0.15) is 0 Å². The maximum absolute atomic E-state index is 14.2. The SMILES string of the molecule is [N-]=[N+]=NP(=O)(c1ccccc1)c1cccc(-c2ccccc2)c1-c1ccccc1. The number of hydrogen-bond donors (Lipinski definition) is 0. The van der Waals surface area contributed by atoms with Crippen LogP contribution in [0, 0.1) is 0 Å². The summed E-state index contributed by atoms with van der Waals surface area (Å²) in [6, 6.07) is 34.4. The summed E-state index contributed by atoms with van der Waals surface area (Å²) in [6.45, 7) is 0. The minimum Gasteiger partial charge on any atom is -0.307 e. The molecule has 0 fully saturated rings. The van der Waals surface area contributed by atoms with E-state index >= 15 is 0 Å². The van der Waals surface area contributed by atoms with Gasteiger partial charge in [-0.05, 0) is 27.1 Å². The van der Waals surface area contributed by atoms with Gasteiger partial charge in [-0.2, -0.15) is 0 Å². The van der Waals surface area contributed by atoms with E-state index in [9.17, 15) is 10.1 Å². The first-order valence-corrected chi connectivity index (χ1v) is 10.9. The summed E-state index contributed by atoms with van der Waals surface area (Å²) in [5.74, 6) is 0. The zero-order chi connectivity index (χ0) is 20.1. The fourth-order valence-electron chi connectivity index (χ4n) is 3.48. The first-order valence-electron chi connectivity index (χ1n) is 9.21. The van der Waals surface area contributed by atoms with Crippen molar-refractivity contribution in [2.75, 3.05) is 0 Å². The van der Waals surface area contributed by atoms with E-state index in [1.54, 1.807) is 30.3 Å². The molecule has 140 valence electrons. The molecule has 0 saturated heterocycles. The summed E-state index contributed by atoms with van der Waals surface area (Å²) in [5, 5.41) is 1.05. The zero-order valence-corrected chi connectivity index (χ0v) is 16.5. The second-order valence-corrected chi connectivity index (χ2v) is 8.85. The summed E-state index contributed by atoms with van der Waals surface area (Å²) < 4.78 is 14.2. The van der Waals surface area contributed by atoms with Crippen LogP contribution >= 0.6 is 7.29 Å². The van der Waals surface area contributed by atoms with Crippen LogP contribution < -0.4 is 10.6 Å². The van der Waals surface area contributed by atoms with Crippen LogP contribution in [0.3, 0.4) is 0 Å². The Balaban J connectivity index is 2.09. The Labute approximate surface area is 169 Å². The van der Waals surface area contributed by atoms with Crippen LogP contribution in [0.4, 0.5) is 0 Å². The highest BCUT2D eigenvalue weighted by Crippen LogP contribution is 2.49. The van der Waals surface area contributed by atoms with E-state index in [0.717, 1.165) is 22.3 Å². The Kier molecular flexibility index (Phi) is 5.31. The third-order valence-electron chi connectivity index (χ3n) is 4.79. The molecule has 0 aliphatic carbocycles. The van der Waals surface area contributed by atoms with Gasteiger partial charge in [0.25, 0.3) is 0 Å². The van der Waals surface area contributed by atoms with Gasteiger partial charge in [-0.25, -0.2) is 0 Å². The minimum atomic E-state index is -3.57. The topological polar surface area (TPSA) is 65.8 Å². The van der Waals surface area contributed by atoms with Gasteiger partial charge in [-0.3, -0.25) is 0 Å². The van der Waals surface area contributed by atoms with E-state index in [1.807, 2.05) is 78.9 Å². The maximum atomic E-state index is 14.2. The van der Waals surface area contributed by atoms with Crippen LogP contribution in [0.15, 0.2) is 114 Å². The normalized spacial score (nSPS) is 12.6. The first-order chi connectivity index (χ1) is 14.2. The highest BCUT2D eigenvalue weighted by Gasteiger charge is 2.30. The Hall–Kier alpha value is -3.58. The van der Waals surface area contributed by atoms with Crippen molar-refractivity contribution in [1.82, 2.24) is 0 Å². The molecule has 0 spiro atoms.